The molecule has 1 heterocycles. The number of hydrogen-bond donors (Lipinski definition) is 1. The number of nitrogens with one attached hydrogen (secondary N) is 1. The van der Waals surface area contributed by atoms with Gasteiger partial charge >= 0.3 is 0 Å². The summed E-state index contributed by atoms with van der Waals surface area (Å²) < 4.78 is 0. The zero-order valence-electron chi connectivity index (χ0n) is 12.4. The highest BCUT2D eigenvalue weighted by Gasteiger charge is 2.18. The number of rotatable bonds is 6. The average molecular weight is 286 g/mol. The minimum Gasteiger partial charge on any atom is -0.306 e. The first-order valence-electron chi connectivity index (χ1n) is 7.04. The number of hydrogen-bond acceptors (Lipinski definition) is 3. The monoisotopic (exact) mass is 286 g/mol. The van der Waals surface area contributed by atoms with Gasteiger partial charge in [0, 0.05) is 17.3 Å². The third-order valence-corrected chi connectivity index (χ3v) is 4.25. The Balaban J connectivity index is 2.44. The summed E-state index contributed by atoms with van der Waals surface area (Å²) in [7, 11) is 0. The summed E-state index contributed by atoms with van der Waals surface area (Å²) in [5.41, 5.74) is 3.89. The minimum absolute atomic E-state index is 0.215. The Kier molecular flexibility index (Phi) is 5.62. The molecular formula is C17H22N2S. The maximum atomic E-state index is 4.31. The van der Waals surface area contributed by atoms with Gasteiger partial charge in [-0.15, -0.1) is 11.8 Å². The van der Waals surface area contributed by atoms with E-state index in [2.05, 4.69) is 60.7 Å². The molecule has 0 aliphatic rings. The highest BCUT2D eigenvalue weighted by atomic mass is 32.2. The van der Waals surface area contributed by atoms with Gasteiger partial charge in [0.2, 0.25) is 0 Å². The lowest BCUT2D eigenvalue weighted by atomic mass is 9.96. The van der Waals surface area contributed by atoms with Crippen molar-refractivity contribution in [1.29, 1.82) is 0 Å². The van der Waals surface area contributed by atoms with Gasteiger partial charge in [-0.2, -0.15) is 0 Å². The zero-order valence-corrected chi connectivity index (χ0v) is 13.2. The lowest BCUT2D eigenvalue weighted by Crippen LogP contribution is -2.24. The van der Waals surface area contributed by atoms with Crippen LogP contribution in [0.2, 0.25) is 0 Å². The Bertz CT molecular complexity index is 554. The molecule has 1 N–H and O–H groups in total. The van der Waals surface area contributed by atoms with Gasteiger partial charge in [0.05, 0.1) is 6.04 Å². The molecule has 20 heavy (non-hydrogen) atoms. The quantitative estimate of drug-likeness (QED) is 0.806. The summed E-state index contributed by atoms with van der Waals surface area (Å²) in [6, 6.07) is 10.9. The standard InChI is InChI=1S/C17H22N2S/c1-4-10-19-17(15-12-18-11-9-13(15)2)14-7-5-6-8-16(14)20-3/h5-9,11-12,17,19H,4,10H2,1-3H3. The van der Waals surface area contributed by atoms with E-state index in [0.717, 1.165) is 13.0 Å². The first kappa shape index (κ1) is 15.1. The van der Waals surface area contributed by atoms with E-state index in [4.69, 9.17) is 0 Å². The van der Waals surface area contributed by atoms with E-state index in [9.17, 15) is 0 Å². The molecule has 0 radical (unpaired) electrons. The fourth-order valence-electron chi connectivity index (χ4n) is 2.36. The van der Waals surface area contributed by atoms with Gasteiger partial charge in [0.25, 0.3) is 0 Å². The van der Waals surface area contributed by atoms with Crippen molar-refractivity contribution in [2.45, 2.75) is 31.2 Å². The van der Waals surface area contributed by atoms with E-state index in [1.54, 1.807) is 11.8 Å². The molecule has 0 aliphatic heterocycles. The van der Waals surface area contributed by atoms with E-state index in [-0.39, 0.29) is 6.04 Å². The average Bonchev–Trinajstić information content (AvgIpc) is 2.49. The van der Waals surface area contributed by atoms with E-state index < -0.39 is 0 Å². The molecule has 1 aromatic heterocycles. The molecule has 0 fully saturated rings. The summed E-state index contributed by atoms with van der Waals surface area (Å²) in [4.78, 5) is 5.63. The molecule has 1 unspecified atom stereocenters. The van der Waals surface area contributed by atoms with Gasteiger partial charge in [-0.1, -0.05) is 25.1 Å². The molecule has 3 heteroatoms. The second kappa shape index (κ2) is 7.46. The minimum atomic E-state index is 0.215. The molecule has 0 bridgehead atoms. The van der Waals surface area contributed by atoms with Gasteiger partial charge in [0.15, 0.2) is 0 Å². The van der Waals surface area contributed by atoms with Crippen LogP contribution in [-0.4, -0.2) is 17.8 Å². The Hall–Kier alpha value is -1.32. The van der Waals surface area contributed by atoms with Crippen LogP contribution in [0.3, 0.4) is 0 Å². The maximum Gasteiger partial charge on any atom is 0.0605 e. The van der Waals surface area contributed by atoms with Crippen molar-refractivity contribution in [1.82, 2.24) is 10.3 Å². The predicted molar refractivity (Wildman–Crippen MR) is 87.3 cm³/mol. The summed E-state index contributed by atoms with van der Waals surface area (Å²) in [6.45, 7) is 5.35. The number of aromatic nitrogens is 1. The Morgan fingerprint density at radius 1 is 1.20 bits per heavy atom. The molecule has 106 valence electrons. The van der Waals surface area contributed by atoms with Gasteiger partial charge in [-0.05, 0) is 55.0 Å². The molecular weight excluding hydrogens is 264 g/mol. The maximum absolute atomic E-state index is 4.31. The lowest BCUT2D eigenvalue weighted by molar-refractivity contribution is 0.588. The summed E-state index contributed by atoms with van der Waals surface area (Å²) in [6.07, 6.45) is 7.10. The lowest BCUT2D eigenvalue weighted by Gasteiger charge is -2.23. The van der Waals surface area contributed by atoms with Crippen LogP contribution in [0.4, 0.5) is 0 Å². The third-order valence-electron chi connectivity index (χ3n) is 3.44. The van der Waals surface area contributed by atoms with Crippen molar-refractivity contribution in [3.63, 3.8) is 0 Å². The molecule has 1 atom stereocenters. The predicted octanol–water partition coefficient (Wildman–Crippen LogP) is 4.20. The molecule has 0 spiro atoms. The van der Waals surface area contributed by atoms with Gasteiger partial charge in [-0.3, -0.25) is 4.98 Å². The number of aryl methyl sites for hydroxylation is 1. The number of benzene rings is 1. The first-order valence-corrected chi connectivity index (χ1v) is 8.27. The third kappa shape index (κ3) is 3.41. The van der Waals surface area contributed by atoms with Crippen molar-refractivity contribution in [3.05, 3.63) is 59.4 Å². The normalized spacial score (nSPS) is 12.3. The first-order chi connectivity index (χ1) is 9.77. The highest BCUT2D eigenvalue weighted by Crippen LogP contribution is 2.31. The smallest absolute Gasteiger partial charge is 0.0605 e. The summed E-state index contributed by atoms with van der Waals surface area (Å²) in [5.74, 6) is 0. The van der Waals surface area contributed by atoms with Crippen LogP contribution < -0.4 is 5.32 Å². The van der Waals surface area contributed by atoms with Crippen molar-refractivity contribution >= 4 is 11.8 Å². The molecule has 2 nitrogen and oxygen atoms in total. The summed E-state index contributed by atoms with van der Waals surface area (Å²) >= 11 is 1.80. The van der Waals surface area contributed by atoms with Crippen LogP contribution in [0, 0.1) is 6.92 Å². The molecule has 0 amide bonds. The second-order valence-electron chi connectivity index (χ2n) is 4.86. The SMILES string of the molecule is CCCNC(c1cnccc1C)c1ccccc1SC. The molecule has 2 aromatic rings. The van der Waals surface area contributed by atoms with E-state index >= 15 is 0 Å². The fourth-order valence-corrected chi connectivity index (χ4v) is 3.00. The number of nitrogens with zero attached hydrogens (tertiary/aromatic N) is 1. The van der Waals surface area contributed by atoms with E-state index in [1.165, 1.54) is 21.6 Å². The van der Waals surface area contributed by atoms with E-state index in [1.807, 2.05) is 12.4 Å². The Morgan fingerprint density at radius 3 is 2.70 bits per heavy atom. The van der Waals surface area contributed by atoms with Crippen LogP contribution >= 0.6 is 11.8 Å². The highest BCUT2D eigenvalue weighted by molar-refractivity contribution is 7.98. The molecule has 0 saturated carbocycles. The molecule has 0 aliphatic carbocycles. The Labute approximate surface area is 126 Å². The molecule has 2 rings (SSSR count). The van der Waals surface area contributed by atoms with Crippen LogP contribution in [0.15, 0.2) is 47.6 Å². The molecule has 1 aromatic carbocycles. The van der Waals surface area contributed by atoms with Gasteiger partial charge in [0.1, 0.15) is 0 Å². The Morgan fingerprint density at radius 2 is 2.00 bits per heavy atom. The van der Waals surface area contributed by atoms with Crippen LogP contribution in [0.5, 0.6) is 0 Å². The van der Waals surface area contributed by atoms with E-state index in [0.29, 0.717) is 0 Å². The van der Waals surface area contributed by atoms with Crippen molar-refractivity contribution in [3.8, 4) is 0 Å². The van der Waals surface area contributed by atoms with Crippen molar-refractivity contribution in [2.24, 2.45) is 0 Å². The number of thioether (sulfide) groups is 1. The van der Waals surface area contributed by atoms with Crippen molar-refractivity contribution in [2.75, 3.05) is 12.8 Å². The largest absolute Gasteiger partial charge is 0.306 e. The second-order valence-corrected chi connectivity index (χ2v) is 5.71. The van der Waals surface area contributed by atoms with Crippen LogP contribution in [0.25, 0.3) is 0 Å². The van der Waals surface area contributed by atoms with Gasteiger partial charge in [-0.25, -0.2) is 0 Å². The zero-order chi connectivity index (χ0) is 14.4. The van der Waals surface area contributed by atoms with Crippen LogP contribution in [0.1, 0.15) is 36.1 Å². The van der Waals surface area contributed by atoms with Crippen LogP contribution in [-0.2, 0) is 0 Å². The molecule has 0 saturated heterocycles. The van der Waals surface area contributed by atoms with Gasteiger partial charge < -0.3 is 5.32 Å². The fraction of sp³-hybridized carbons (Fsp3) is 0.353. The summed E-state index contributed by atoms with van der Waals surface area (Å²) in [5, 5.41) is 3.66. The number of pyridine rings is 1. The van der Waals surface area contributed by atoms with Crippen molar-refractivity contribution < 1.29 is 0 Å². The topological polar surface area (TPSA) is 24.9 Å².